The molecule has 1 atom stereocenters. The van der Waals surface area contributed by atoms with Crippen LogP contribution in [0.5, 0.6) is 5.75 Å². The third-order valence-electron chi connectivity index (χ3n) is 3.04. The van der Waals surface area contributed by atoms with Crippen molar-refractivity contribution in [1.29, 1.82) is 0 Å². The summed E-state index contributed by atoms with van der Waals surface area (Å²) >= 11 is 6.28. The molecule has 19 heavy (non-hydrogen) atoms. The number of benzene rings is 2. The average molecular weight is 276 g/mol. The van der Waals surface area contributed by atoms with Crippen LogP contribution in [0.2, 0.25) is 5.02 Å². The molecule has 2 nitrogen and oxygen atoms in total. The standard InChI is InChI=1S/C16H18ClNO/c1-3-19-15-7-5-4-6-13(15)16(18)12-9-8-11(2)10-14(12)17/h4-10,16H,3,18H2,1-2H3. The molecule has 0 amide bonds. The van der Waals surface area contributed by atoms with Crippen LogP contribution < -0.4 is 10.5 Å². The van der Waals surface area contributed by atoms with Crippen molar-refractivity contribution in [1.82, 2.24) is 0 Å². The molecule has 2 rings (SSSR count). The minimum absolute atomic E-state index is 0.282. The molecule has 0 spiro atoms. The van der Waals surface area contributed by atoms with E-state index in [1.165, 1.54) is 0 Å². The zero-order valence-electron chi connectivity index (χ0n) is 11.2. The van der Waals surface area contributed by atoms with Crippen LogP contribution in [0.4, 0.5) is 0 Å². The van der Waals surface area contributed by atoms with Crippen molar-refractivity contribution in [2.24, 2.45) is 5.73 Å². The van der Waals surface area contributed by atoms with E-state index in [2.05, 4.69) is 0 Å². The van der Waals surface area contributed by atoms with Gasteiger partial charge in [-0.1, -0.05) is 41.9 Å². The molecular formula is C16H18ClNO. The van der Waals surface area contributed by atoms with Gasteiger partial charge in [-0.15, -0.1) is 0 Å². The first kappa shape index (κ1) is 13.9. The van der Waals surface area contributed by atoms with Crippen molar-refractivity contribution < 1.29 is 4.74 Å². The van der Waals surface area contributed by atoms with Gasteiger partial charge in [0.25, 0.3) is 0 Å². The summed E-state index contributed by atoms with van der Waals surface area (Å²) in [5.74, 6) is 0.814. The molecule has 0 saturated heterocycles. The maximum Gasteiger partial charge on any atom is 0.124 e. The summed E-state index contributed by atoms with van der Waals surface area (Å²) in [7, 11) is 0. The lowest BCUT2D eigenvalue weighted by atomic mass is 9.98. The topological polar surface area (TPSA) is 35.2 Å². The first-order chi connectivity index (χ1) is 9.13. The minimum atomic E-state index is -0.282. The molecule has 0 aliphatic heterocycles. The number of para-hydroxylation sites is 1. The van der Waals surface area contributed by atoms with Crippen LogP contribution >= 0.6 is 11.6 Å². The Kier molecular flexibility index (Phi) is 4.46. The number of nitrogens with two attached hydrogens (primary N) is 1. The van der Waals surface area contributed by atoms with Crippen molar-refractivity contribution in [3.63, 3.8) is 0 Å². The van der Waals surface area contributed by atoms with Gasteiger partial charge in [0.2, 0.25) is 0 Å². The Morgan fingerprint density at radius 2 is 1.89 bits per heavy atom. The quantitative estimate of drug-likeness (QED) is 0.912. The van der Waals surface area contributed by atoms with E-state index < -0.39 is 0 Å². The van der Waals surface area contributed by atoms with Gasteiger partial charge >= 0.3 is 0 Å². The van der Waals surface area contributed by atoms with Crippen molar-refractivity contribution >= 4 is 11.6 Å². The zero-order valence-corrected chi connectivity index (χ0v) is 11.9. The van der Waals surface area contributed by atoms with Crippen LogP contribution in [0.1, 0.15) is 29.7 Å². The predicted octanol–water partition coefficient (Wildman–Crippen LogP) is 4.10. The van der Waals surface area contributed by atoms with Crippen molar-refractivity contribution in [2.75, 3.05) is 6.61 Å². The van der Waals surface area contributed by atoms with E-state index in [0.29, 0.717) is 11.6 Å². The summed E-state index contributed by atoms with van der Waals surface area (Å²) in [5.41, 5.74) is 9.33. The number of rotatable bonds is 4. The molecule has 0 heterocycles. The van der Waals surface area contributed by atoms with E-state index in [4.69, 9.17) is 22.1 Å². The molecule has 0 bridgehead atoms. The molecule has 2 N–H and O–H groups in total. The number of aryl methyl sites for hydroxylation is 1. The molecule has 2 aromatic rings. The van der Waals surface area contributed by atoms with Gasteiger partial charge in [0.15, 0.2) is 0 Å². The highest BCUT2D eigenvalue weighted by atomic mass is 35.5. The SMILES string of the molecule is CCOc1ccccc1C(N)c1ccc(C)cc1Cl. The summed E-state index contributed by atoms with van der Waals surface area (Å²) in [6, 6.07) is 13.5. The van der Waals surface area contributed by atoms with Crippen molar-refractivity contribution in [2.45, 2.75) is 19.9 Å². The second kappa shape index (κ2) is 6.09. The zero-order chi connectivity index (χ0) is 13.8. The van der Waals surface area contributed by atoms with Crippen LogP contribution in [0.25, 0.3) is 0 Å². The molecular weight excluding hydrogens is 258 g/mol. The van der Waals surface area contributed by atoms with E-state index in [1.54, 1.807) is 0 Å². The Balaban J connectivity index is 2.41. The molecule has 0 radical (unpaired) electrons. The highest BCUT2D eigenvalue weighted by molar-refractivity contribution is 6.31. The molecule has 0 saturated carbocycles. The maximum atomic E-state index is 6.33. The Hall–Kier alpha value is -1.51. The molecule has 100 valence electrons. The van der Waals surface area contributed by atoms with Gasteiger partial charge in [-0.3, -0.25) is 0 Å². The van der Waals surface area contributed by atoms with Crippen LogP contribution in [-0.4, -0.2) is 6.61 Å². The Morgan fingerprint density at radius 3 is 2.58 bits per heavy atom. The van der Waals surface area contributed by atoms with Crippen LogP contribution in [-0.2, 0) is 0 Å². The minimum Gasteiger partial charge on any atom is -0.494 e. The number of hydrogen-bond donors (Lipinski definition) is 1. The fraction of sp³-hybridized carbons (Fsp3) is 0.250. The van der Waals surface area contributed by atoms with Gasteiger partial charge in [-0.05, 0) is 37.1 Å². The fourth-order valence-corrected chi connectivity index (χ4v) is 2.43. The Morgan fingerprint density at radius 1 is 1.16 bits per heavy atom. The predicted molar refractivity (Wildman–Crippen MR) is 79.8 cm³/mol. The molecule has 2 aromatic carbocycles. The summed E-state index contributed by atoms with van der Waals surface area (Å²) in [6.45, 7) is 4.59. The van der Waals surface area contributed by atoms with Gasteiger partial charge in [-0.2, -0.15) is 0 Å². The third-order valence-corrected chi connectivity index (χ3v) is 3.37. The monoisotopic (exact) mass is 275 g/mol. The summed E-state index contributed by atoms with van der Waals surface area (Å²) in [6.07, 6.45) is 0. The molecule has 3 heteroatoms. The number of halogens is 1. The van der Waals surface area contributed by atoms with Crippen LogP contribution in [0.3, 0.4) is 0 Å². The molecule has 0 aromatic heterocycles. The fourth-order valence-electron chi connectivity index (χ4n) is 2.08. The van der Waals surface area contributed by atoms with Gasteiger partial charge in [0.05, 0.1) is 12.6 Å². The lowest BCUT2D eigenvalue weighted by Crippen LogP contribution is -2.14. The van der Waals surface area contributed by atoms with Gasteiger partial charge < -0.3 is 10.5 Å². The second-order valence-corrected chi connectivity index (χ2v) is 4.88. The van der Waals surface area contributed by atoms with E-state index in [0.717, 1.165) is 22.4 Å². The van der Waals surface area contributed by atoms with E-state index >= 15 is 0 Å². The van der Waals surface area contributed by atoms with Gasteiger partial charge in [0, 0.05) is 10.6 Å². The van der Waals surface area contributed by atoms with Crippen molar-refractivity contribution in [3.05, 3.63) is 64.2 Å². The third kappa shape index (κ3) is 3.09. The largest absolute Gasteiger partial charge is 0.494 e. The molecule has 1 unspecified atom stereocenters. The molecule has 0 aliphatic carbocycles. The van der Waals surface area contributed by atoms with Gasteiger partial charge in [0.1, 0.15) is 5.75 Å². The number of hydrogen-bond acceptors (Lipinski definition) is 2. The summed E-state index contributed by atoms with van der Waals surface area (Å²) < 4.78 is 5.62. The van der Waals surface area contributed by atoms with Crippen LogP contribution in [0.15, 0.2) is 42.5 Å². The van der Waals surface area contributed by atoms with Gasteiger partial charge in [-0.25, -0.2) is 0 Å². The van der Waals surface area contributed by atoms with E-state index in [-0.39, 0.29) is 6.04 Å². The maximum absolute atomic E-state index is 6.33. The first-order valence-electron chi connectivity index (χ1n) is 6.36. The highest BCUT2D eigenvalue weighted by Crippen LogP contribution is 2.32. The first-order valence-corrected chi connectivity index (χ1v) is 6.74. The van der Waals surface area contributed by atoms with E-state index in [1.807, 2.05) is 56.3 Å². The summed E-state index contributed by atoms with van der Waals surface area (Å²) in [5, 5.41) is 0.693. The second-order valence-electron chi connectivity index (χ2n) is 4.47. The highest BCUT2D eigenvalue weighted by Gasteiger charge is 2.16. The number of ether oxygens (including phenoxy) is 1. The Bertz CT molecular complexity index is 568. The van der Waals surface area contributed by atoms with Crippen LogP contribution in [0, 0.1) is 6.92 Å². The lowest BCUT2D eigenvalue weighted by Gasteiger charge is -2.18. The molecule has 0 fully saturated rings. The normalized spacial score (nSPS) is 12.2. The van der Waals surface area contributed by atoms with Crippen molar-refractivity contribution in [3.8, 4) is 5.75 Å². The molecule has 0 aliphatic rings. The smallest absolute Gasteiger partial charge is 0.124 e. The van der Waals surface area contributed by atoms with E-state index in [9.17, 15) is 0 Å². The lowest BCUT2D eigenvalue weighted by molar-refractivity contribution is 0.335. The summed E-state index contributed by atoms with van der Waals surface area (Å²) in [4.78, 5) is 0. The average Bonchev–Trinajstić information content (AvgIpc) is 2.39. The Labute approximate surface area is 119 Å².